The van der Waals surface area contributed by atoms with Crippen molar-refractivity contribution < 1.29 is 24.1 Å². The number of hydrogen-bond acceptors (Lipinski definition) is 6. The van der Waals surface area contributed by atoms with Crippen molar-refractivity contribution >= 4 is 23.9 Å². The Morgan fingerprint density at radius 3 is 2.56 bits per heavy atom. The molecule has 0 fully saturated rings. The zero-order valence-electron chi connectivity index (χ0n) is 14.1. The summed E-state index contributed by atoms with van der Waals surface area (Å²) >= 11 is 0. The maximum Gasteiger partial charge on any atom is 0.408 e. The number of rotatable bonds is 4. The molecule has 0 saturated carbocycles. The molecule has 132 valence electrons. The third-order valence-corrected chi connectivity index (χ3v) is 2.86. The van der Waals surface area contributed by atoms with Crippen LogP contribution < -0.4 is 10.7 Å². The van der Waals surface area contributed by atoms with Crippen LogP contribution in [0.25, 0.3) is 5.57 Å². The molecule has 2 rings (SSSR count). The lowest BCUT2D eigenvalue weighted by atomic mass is 10.2. The Kier molecular flexibility index (Phi) is 5.48. The molecule has 0 aliphatic carbocycles. The topological polar surface area (TPSA) is 116 Å². The molecule has 1 aliphatic rings. The maximum atomic E-state index is 11.8. The van der Waals surface area contributed by atoms with Crippen molar-refractivity contribution in [2.45, 2.75) is 32.4 Å². The van der Waals surface area contributed by atoms with Crippen LogP contribution >= 0.6 is 0 Å². The summed E-state index contributed by atoms with van der Waals surface area (Å²) in [7, 11) is 0. The Hall–Kier alpha value is -3.23. The summed E-state index contributed by atoms with van der Waals surface area (Å²) in [5.41, 5.74) is 2.88. The van der Waals surface area contributed by atoms with E-state index in [-0.39, 0.29) is 0 Å². The van der Waals surface area contributed by atoms with Crippen LogP contribution in [0.5, 0.6) is 0 Å². The van der Waals surface area contributed by atoms with Crippen LogP contribution in [0.1, 0.15) is 26.6 Å². The zero-order valence-corrected chi connectivity index (χ0v) is 14.1. The van der Waals surface area contributed by atoms with E-state index in [9.17, 15) is 14.7 Å². The van der Waals surface area contributed by atoms with Crippen LogP contribution in [0.15, 0.2) is 36.9 Å². The van der Waals surface area contributed by atoms with E-state index in [1.54, 1.807) is 57.7 Å². The molecular weight excluding hydrogens is 326 g/mol. The molecule has 9 heteroatoms. The first-order chi connectivity index (χ1) is 11.7. The quantitative estimate of drug-likeness (QED) is 0.694. The Balaban J connectivity index is 2.05. The van der Waals surface area contributed by atoms with Gasteiger partial charge in [0.15, 0.2) is 12.0 Å². The molecule has 1 aliphatic heterocycles. The first-order valence-electron chi connectivity index (χ1n) is 7.52. The second-order valence-electron chi connectivity index (χ2n) is 6.14. The molecule has 1 amide bonds. The van der Waals surface area contributed by atoms with Gasteiger partial charge in [-0.05, 0) is 26.8 Å². The number of nitrogens with zero attached hydrogens (tertiary/aromatic N) is 3. The predicted octanol–water partition coefficient (Wildman–Crippen LogP) is 0.911. The maximum absolute atomic E-state index is 11.8. The highest BCUT2D eigenvalue weighted by molar-refractivity contribution is 5.94. The number of amides is 1. The number of carboxylic acids is 1. The Labute approximate surface area is 144 Å². The van der Waals surface area contributed by atoms with Gasteiger partial charge >= 0.3 is 12.1 Å². The molecular formula is C16H20N5O4+. The van der Waals surface area contributed by atoms with Gasteiger partial charge in [0.2, 0.25) is 12.3 Å². The van der Waals surface area contributed by atoms with Gasteiger partial charge in [-0.25, -0.2) is 19.6 Å². The molecule has 0 bridgehead atoms. The van der Waals surface area contributed by atoms with Crippen LogP contribution in [-0.4, -0.2) is 49.7 Å². The largest absolute Gasteiger partial charge is 0.479 e. The number of carbonyl (C=O) groups excluding carboxylic acids is 1. The van der Waals surface area contributed by atoms with Crippen molar-refractivity contribution in [3.05, 3.63) is 42.8 Å². The Bertz CT molecular complexity index is 735. The molecule has 0 saturated heterocycles. The molecule has 0 spiro atoms. The number of aliphatic carboxylic acids is 1. The van der Waals surface area contributed by atoms with E-state index in [4.69, 9.17) is 4.74 Å². The zero-order chi connectivity index (χ0) is 18.4. The number of carbonyl (C=O) groups is 2. The van der Waals surface area contributed by atoms with E-state index in [0.29, 0.717) is 5.82 Å². The third-order valence-electron chi connectivity index (χ3n) is 2.86. The number of ether oxygens (including phenoxy) is 1. The van der Waals surface area contributed by atoms with Gasteiger partial charge in [-0.2, -0.15) is 5.43 Å². The lowest BCUT2D eigenvalue weighted by Crippen LogP contribution is -2.46. The molecule has 2 heterocycles. The average molecular weight is 346 g/mol. The van der Waals surface area contributed by atoms with Gasteiger partial charge in [-0.1, -0.05) is 4.68 Å². The monoisotopic (exact) mass is 346 g/mol. The highest BCUT2D eigenvalue weighted by Crippen LogP contribution is 2.11. The Morgan fingerprint density at radius 2 is 2.04 bits per heavy atom. The third kappa shape index (κ3) is 5.72. The van der Waals surface area contributed by atoms with E-state index in [2.05, 4.69) is 20.7 Å². The fourth-order valence-corrected chi connectivity index (χ4v) is 1.83. The number of hydrogen-bond donors (Lipinski definition) is 3. The number of aromatic nitrogens is 2. The van der Waals surface area contributed by atoms with Gasteiger partial charge in [0.25, 0.3) is 0 Å². The summed E-state index contributed by atoms with van der Waals surface area (Å²) < 4.78 is 6.47. The normalized spacial score (nSPS) is 16.6. The van der Waals surface area contributed by atoms with Crippen LogP contribution in [0.4, 0.5) is 4.79 Å². The van der Waals surface area contributed by atoms with Crippen LogP contribution in [0.3, 0.4) is 0 Å². The van der Waals surface area contributed by atoms with Gasteiger partial charge in [0.05, 0.1) is 6.20 Å². The van der Waals surface area contributed by atoms with Gasteiger partial charge in [0, 0.05) is 24.0 Å². The fraction of sp³-hybridized carbons (Fsp3) is 0.312. The SMILES string of the molecule is CC(C)(C)OC(=O)N[C@@H](C=[N+]1C=CC(c2ncccn2)=CN1)C(=O)O. The Morgan fingerprint density at radius 1 is 1.36 bits per heavy atom. The van der Waals surface area contributed by atoms with E-state index in [1.807, 2.05) is 0 Å². The van der Waals surface area contributed by atoms with Crippen molar-refractivity contribution in [1.82, 2.24) is 20.7 Å². The van der Waals surface area contributed by atoms with Crippen molar-refractivity contribution in [3.63, 3.8) is 0 Å². The first kappa shape index (κ1) is 18.1. The molecule has 0 aromatic carbocycles. The molecule has 1 atom stereocenters. The van der Waals surface area contributed by atoms with Gasteiger partial charge in [-0.3, -0.25) is 5.32 Å². The molecule has 25 heavy (non-hydrogen) atoms. The van der Waals surface area contributed by atoms with Crippen molar-refractivity contribution in [2.75, 3.05) is 0 Å². The predicted molar refractivity (Wildman–Crippen MR) is 89.4 cm³/mol. The molecule has 0 radical (unpaired) electrons. The van der Waals surface area contributed by atoms with Crippen molar-refractivity contribution in [2.24, 2.45) is 0 Å². The average Bonchev–Trinajstić information content (AvgIpc) is 2.54. The number of nitrogens with one attached hydrogen (secondary N) is 2. The van der Waals surface area contributed by atoms with Crippen molar-refractivity contribution in [1.29, 1.82) is 0 Å². The number of hydrazine groups is 1. The van der Waals surface area contributed by atoms with Crippen LogP contribution in [-0.2, 0) is 9.53 Å². The lowest BCUT2D eigenvalue weighted by Gasteiger charge is -2.20. The summed E-state index contributed by atoms with van der Waals surface area (Å²) in [5.74, 6) is -0.685. The summed E-state index contributed by atoms with van der Waals surface area (Å²) in [6.07, 6.45) is 8.67. The van der Waals surface area contributed by atoms with Gasteiger partial charge < -0.3 is 9.84 Å². The van der Waals surface area contributed by atoms with Gasteiger partial charge in [0.1, 0.15) is 5.60 Å². The minimum atomic E-state index is -1.27. The molecule has 3 N–H and O–H groups in total. The summed E-state index contributed by atoms with van der Waals surface area (Å²) in [4.78, 5) is 31.3. The first-order valence-corrected chi connectivity index (χ1v) is 7.52. The van der Waals surface area contributed by atoms with Crippen LogP contribution in [0, 0.1) is 0 Å². The minimum absolute atomic E-state index is 0.535. The minimum Gasteiger partial charge on any atom is -0.479 e. The highest BCUT2D eigenvalue weighted by Gasteiger charge is 2.26. The molecule has 1 aromatic heterocycles. The van der Waals surface area contributed by atoms with Gasteiger partial charge in [-0.15, -0.1) is 0 Å². The number of alkyl carbamates (subject to hydrolysis) is 1. The van der Waals surface area contributed by atoms with E-state index < -0.39 is 23.7 Å². The molecule has 1 aromatic rings. The number of hydrazone groups is 1. The molecule has 9 nitrogen and oxygen atoms in total. The lowest BCUT2D eigenvalue weighted by molar-refractivity contribution is -0.508. The summed E-state index contributed by atoms with van der Waals surface area (Å²) in [6, 6.07) is 0.444. The van der Waals surface area contributed by atoms with Crippen molar-refractivity contribution in [3.8, 4) is 0 Å². The number of allylic oxidation sites excluding steroid dienone is 2. The smallest absolute Gasteiger partial charge is 0.408 e. The molecule has 0 unspecified atom stereocenters. The summed E-state index contributed by atoms with van der Waals surface area (Å²) in [6.45, 7) is 5.08. The second kappa shape index (κ2) is 7.56. The standard InChI is InChI=1S/C16H19N5O4/c1-16(2,3)25-15(24)20-12(14(22)23)10-21-8-5-11(9-19-21)13-17-6-4-7-18-13/h4-10,12H,1-3H3,(H2-,17,18,19,20,22,23,24)/p+1/t12-/m0/s1. The van der Waals surface area contributed by atoms with E-state index in [0.717, 1.165) is 5.57 Å². The number of carboxylic acid groups (broad SMARTS) is 1. The summed E-state index contributed by atoms with van der Waals surface area (Å²) in [5, 5.41) is 11.6. The second-order valence-corrected chi connectivity index (χ2v) is 6.14. The van der Waals surface area contributed by atoms with E-state index >= 15 is 0 Å². The highest BCUT2D eigenvalue weighted by atomic mass is 16.6. The fourth-order valence-electron chi connectivity index (χ4n) is 1.83. The van der Waals surface area contributed by atoms with Crippen LogP contribution in [0.2, 0.25) is 0 Å². The van der Waals surface area contributed by atoms with E-state index in [1.165, 1.54) is 10.9 Å².